The van der Waals surface area contributed by atoms with Crippen LogP contribution in [0.1, 0.15) is 25.3 Å². The lowest BCUT2D eigenvalue weighted by atomic mass is 10.0. The van der Waals surface area contributed by atoms with E-state index in [0.717, 1.165) is 22.7 Å². The fraction of sp³-hybridized carbons (Fsp3) is 0.400. The molecular formula is C15H18FN3O3S. The highest BCUT2D eigenvalue weighted by molar-refractivity contribution is 7.85. The van der Waals surface area contributed by atoms with Gasteiger partial charge in [-0.2, -0.15) is 0 Å². The Bertz CT molecular complexity index is 707. The molecule has 1 saturated heterocycles. The molecule has 0 aliphatic carbocycles. The summed E-state index contributed by atoms with van der Waals surface area (Å²) in [6.45, 7) is 2.36. The van der Waals surface area contributed by atoms with Crippen LogP contribution in [0.5, 0.6) is 5.75 Å². The molecule has 3 rings (SSSR count). The Labute approximate surface area is 136 Å². The molecular weight excluding hydrogens is 321 g/mol. The molecule has 1 aromatic carbocycles. The Morgan fingerprint density at radius 1 is 1.48 bits per heavy atom. The number of carbonyl (C=O) groups excluding carboxylic acids is 1. The average Bonchev–Trinajstić information content (AvgIpc) is 3.07. The van der Waals surface area contributed by atoms with Crippen molar-refractivity contribution in [1.82, 2.24) is 10.0 Å². The van der Waals surface area contributed by atoms with E-state index >= 15 is 0 Å². The summed E-state index contributed by atoms with van der Waals surface area (Å²) in [5.74, 6) is -1.48. The SMILES string of the molecule is CCC[C@@H]1C=C(c2ccc(O)c(N3CC(=O)NS3=O)c2F)CN1. The minimum Gasteiger partial charge on any atom is -0.506 e. The second kappa shape index (κ2) is 6.29. The van der Waals surface area contributed by atoms with E-state index in [4.69, 9.17) is 0 Å². The maximum Gasteiger partial charge on any atom is 0.253 e. The molecule has 2 heterocycles. The number of halogens is 1. The van der Waals surface area contributed by atoms with E-state index in [1.54, 1.807) is 0 Å². The zero-order valence-electron chi connectivity index (χ0n) is 12.6. The van der Waals surface area contributed by atoms with Crippen molar-refractivity contribution >= 4 is 28.3 Å². The van der Waals surface area contributed by atoms with Crippen molar-refractivity contribution < 1.29 is 18.5 Å². The molecule has 0 spiro atoms. The molecule has 1 fully saturated rings. The minimum absolute atomic E-state index is 0.204. The van der Waals surface area contributed by atoms with Crippen LogP contribution in [0.2, 0.25) is 0 Å². The Morgan fingerprint density at radius 2 is 2.26 bits per heavy atom. The van der Waals surface area contributed by atoms with Gasteiger partial charge in [-0.3, -0.25) is 13.8 Å². The second-order valence-electron chi connectivity index (χ2n) is 5.57. The summed E-state index contributed by atoms with van der Waals surface area (Å²) >= 11 is -1.88. The van der Waals surface area contributed by atoms with Gasteiger partial charge in [0.25, 0.3) is 5.91 Å². The van der Waals surface area contributed by atoms with Crippen molar-refractivity contribution in [3.05, 3.63) is 29.6 Å². The number of hydrogen-bond donors (Lipinski definition) is 3. The number of aromatic hydroxyl groups is 1. The molecule has 2 aliphatic heterocycles. The first kappa shape index (κ1) is 15.9. The van der Waals surface area contributed by atoms with Crippen LogP contribution >= 0.6 is 0 Å². The number of rotatable bonds is 4. The summed E-state index contributed by atoms with van der Waals surface area (Å²) in [5.41, 5.74) is 0.936. The predicted octanol–water partition coefficient (Wildman–Crippen LogP) is 1.20. The van der Waals surface area contributed by atoms with Crippen LogP contribution in [0, 0.1) is 5.82 Å². The van der Waals surface area contributed by atoms with Crippen LogP contribution in [0.4, 0.5) is 10.1 Å². The molecule has 1 unspecified atom stereocenters. The fourth-order valence-electron chi connectivity index (χ4n) is 2.86. The molecule has 0 radical (unpaired) electrons. The van der Waals surface area contributed by atoms with E-state index in [0.29, 0.717) is 12.1 Å². The molecule has 1 aromatic rings. The molecule has 0 saturated carbocycles. The summed E-state index contributed by atoms with van der Waals surface area (Å²) < 4.78 is 30.0. The van der Waals surface area contributed by atoms with Gasteiger partial charge in [0.2, 0.25) is 11.2 Å². The number of carbonyl (C=O) groups is 1. The average molecular weight is 339 g/mol. The summed E-state index contributed by atoms with van der Waals surface area (Å²) in [5, 5.41) is 13.3. The highest BCUT2D eigenvalue weighted by Gasteiger charge is 2.32. The monoisotopic (exact) mass is 339 g/mol. The molecule has 1 amide bonds. The second-order valence-corrected chi connectivity index (χ2v) is 6.72. The topological polar surface area (TPSA) is 81.7 Å². The van der Waals surface area contributed by atoms with Gasteiger partial charge in [-0.05, 0) is 24.1 Å². The molecule has 3 N–H and O–H groups in total. The van der Waals surface area contributed by atoms with Crippen LogP contribution in [0.15, 0.2) is 18.2 Å². The third-order valence-corrected chi connectivity index (χ3v) is 5.05. The number of anilines is 1. The van der Waals surface area contributed by atoms with Crippen LogP contribution < -0.4 is 14.3 Å². The van der Waals surface area contributed by atoms with Crippen molar-refractivity contribution in [1.29, 1.82) is 0 Å². The van der Waals surface area contributed by atoms with Crippen LogP contribution in [0.25, 0.3) is 5.57 Å². The first-order chi connectivity index (χ1) is 11.0. The Kier molecular flexibility index (Phi) is 4.36. The van der Waals surface area contributed by atoms with E-state index in [9.17, 15) is 18.5 Å². The molecule has 2 aliphatic rings. The molecule has 23 heavy (non-hydrogen) atoms. The van der Waals surface area contributed by atoms with Gasteiger partial charge in [-0.1, -0.05) is 19.4 Å². The van der Waals surface area contributed by atoms with Crippen LogP contribution in [-0.4, -0.2) is 34.4 Å². The van der Waals surface area contributed by atoms with E-state index in [1.165, 1.54) is 12.1 Å². The van der Waals surface area contributed by atoms with Gasteiger partial charge in [0.1, 0.15) is 18.0 Å². The lowest BCUT2D eigenvalue weighted by Gasteiger charge is -2.18. The van der Waals surface area contributed by atoms with Gasteiger partial charge in [0.05, 0.1) is 0 Å². The summed E-state index contributed by atoms with van der Waals surface area (Å²) in [4.78, 5) is 11.3. The smallest absolute Gasteiger partial charge is 0.253 e. The van der Waals surface area contributed by atoms with Gasteiger partial charge in [-0.15, -0.1) is 0 Å². The van der Waals surface area contributed by atoms with Crippen LogP contribution in [-0.2, 0) is 16.0 Å². The summed E-state index contributed by atoms with van der Waals surface area (Å²) in [7, 11) is 0. The van der Waals surface area contributed by atoms with Gasteiger partial charge in [-0.25, -0.2) is 8.60 Å². The zero-order valence-corrected chi connectivity index (χ0v) is 13.5. The number of amides is 1. The number of phenols is 1. The first-order valence-corrected chi connectivity index (χ1v) is 8.56. The van der Waals surface area contributed by atoms with E-state index in [-0.39, 0.29) is 24.0 Å². The highest BCUT2D eigenvalue weighted by Crippen LogP contribution is 2.37. The van der Waals surface area contributed by atoms with E-state index in [2.05, 4.69) is 17.0 Å². The lowest BCUT2D eigenvalue weighted by molar-refractivity contribution is -0.117. The quantitative estimate of drug-likeness (QED) is 0.770. The Morgan fingerprint density at radius 3 is 2.91 bits per heavy atom. The normalized spacial score (nSPS) is 24.0. The zero-order chi connectivity index (χ0) is 16.6. The Balaban J connectivity index is 1.98. The van der Waals surface area contributed by atoms with E-state index in [1.807, 2.05) is 6.08 Å². The van der Waals surface area contributed by atoms with Crippen molar-refractivity contribution in [3.63, 3.8) is 0 Å². The number of nitrogens with zero attached hydrogens (tertiary/aromatic N) is 1. The highest BCUT2D eigenvalue weighted by atomic mass is 32.2. The lowest BCUT2D eigenvalue weighted by Crippen LogP contribution is -2.24. The van der Waals surface area contributed by atoms with Gasteiger partial charge in [0, 0.05) is 18.2 Å². The molecule has 0 aromatic heterocycles. The minimum atomic E-state index is -1.88. The van der Waals surface area contributed by atoms with Crippen LogP contribution in [0.3, 0.4) is 0 Å². The molecule has 6 nitrogen and oxygen atoms in total. The van der Waals surface area contributed by atoms with Crippen molar-refractivity contribution in [2.45, 2.75) is 25.8 Å². The third kappa shape index (κ3) is 2.96. The standard InChI is InChI=1S/C15H18FN3O3S/c1-2-3-10-6-9(7-17-10)11-4-5-12(20)15(14(11)16)19-8-13(21)18-23(19)22/h4-6,10,17,20H,2-3,7-8H2,1H3,(H,18,21)/t10-,23?/m1/s1. The summed E-state index contributed by atoms with van der Waals surface area (Å²) in [6.07, 6.45) is 3.96. The Hall–Kier alpha value is -1.93. The first-order valence-electron chi connectivity index (χ1n) is 7.46. The summed E-state index contributed by atoms with van der Waals surface area (Å²) in [6, 6.07) is 3.07. The fourth-order valence-corrected chi connectivity index (χ4v) is 3.80. The number of benzene rings is 1. The predicted molar refractivity (Wildman–Crippen MR) is 86.4 cm³/mol. The largest absolute Gasteiger partial charge is 0.506 e. The molecule has 124 valence electrons. The van der Waals surface area contributed by atoms with E-state index < -0.39 is 22.9 Å². The number of phenolic OH excluding ortho intramolecular Hbond substituents is 1. The molecule has 2 atom stereocenters. The number of nitrogens with one attached hydrogen (secondary N) is 2. The molecule has 8 heteroatoms. The maximum atomic E-state index is 14.9. The van der Waals surface area contributed by atoms with Crippen molar-refractivity contribution in [3.8, 4) is 5.75 Å². The van der Waals surface area contributed by atoms with Gasteiger partial charge >= 0.3 is 0 Å². The van der Waals surface area contributed by atoms with Gasteiger partial charge < -0.3 is 10.4 Å². The van der Waals surface area contributed by atoms with Crippen molar-refractivity contribution in [2.24, 2.45) is 0 Å². The maximum absolute atomic E-state index is 14.9. The molecule has 0 bridgehead atoms. The number of hydrogen-bond acceptors (Lipinski definition) is 4. The van der Waals surface area contributed by atoms with Crippen molar-refractivity contribution in [2.75, 3.05) is 17.4 Å². The van der Waals surface area contributed by atoms with Gasteiger partial charge in [0.15, 0.2) is 5.82 Å². The third-order valence-electron chi connectivity index (χ3n) is 3.94.